The molecule has 0 aliphatic carbocycles. The van der Waals surface area contributed by atoms with Crippen LogP contribution in [0.15, 0.2) is 54.9 Å². The molecular formula is C24H25ClFN5O. The summed E-state index contributed by atoms with van der Waals surface area (Å²) in [5.74, 6) is 1.03. The van der Waals surface area contributed by atoms with Gasteiger partial charge in [-0.2, -0.15) is 0 Å². The van der Waals surface area contributed by atoms with Crippen molar-refractivity contribution in [1.82, 2.24) is 9.97 Å². The molecule has 0 unspecified atom stereocenters. The first kappa shape index (κ1) is 22.0. The van der Waals surface area contributed by atoms with Gasteiger partial charge < -0.3 is 15.1 Å². The lowest BCUT2D eigenvalue weighted by Gasteiger charge is -2.25. The average Bonchev–Trinajstić information content (AvgIpc) is 3.34. The molecule has 166 valence electrons. The van der Waals surface area contributed by atoms with Crippen molar-refractivity contribution >= 4 is 35.3 Å². The van der Waals surface area contributed by atoms with Gasteiger partial charge in [0.25, 0.3) is 0 Å². The number of hydrogen-bond donors (Lipinski definition) is 1. The standard InChI is InChI=1S/C24H25ClFN5O/c25-21-14-22(31(17-32)16-19-6-4-9-27-15-19)23(29-24(21)30-11-1-2-12-30)28-10-8-18-5-3-7-20(26)13-18/h3-7,9,13-15,17H,1-2,8,10-12,16H2,(H,28,29). The second-order valence-corrected chi connectivity index (χ2v) is 8.16. The summed E-state index contributed by atoms with van der Waals surface area (Å²) >= 11 is 6.60. The van der Waals surface area contributed by atoms with E-state index in [0.717, 1.165) is 43.5 Å². The van der Waals surface area contributed by atoms with Crippen molar-refractivity contribution in [2.45, 2.75) is 25.8 Å². The maximum atomic E-state index is 13.5. The van der Waals surface area contributed by atoms with Crippen LogP contribution < -0.4 is 15.1 Å². The first-order chi connectivity index (χ1) is 15.6. The van der Waals surface area contributed by atoms with Crippen LogP contribution >= 0.6 is 11.6 Å². The van der Waals surface area contributed by atoms with E-state index in [1.54, 1.807) is 29.4 Å². The summed E-state index contributed by atoms with van der Waals surface area (Å²) in [6.07, 6.45) is 7.00. The summed E-state index contributed by atoms with van der Waals surface area (Å²) in [5, 5.41) is 3.85. The van der Waals surface area contributed by atoms with E-state index in [9.17, 15) is 9.18 Å². The Labute approximate surface area is 192 Å². The molecular weight excluding hydrogens is 429 g/mol. The lowest BCUT2D eigenvalue weighted by molar-refractivity contribution is -0.107. The Bertz CT molecular complexity index is 1060. The van der Waals surface area contributed by atoms with E-state index in [1.807, 2.05) is 18.2 Å². The summed E-state index contributed by atoms with van der Waals surface area (Å²) < 4.78 is 13.5. The van der Waals surface area contributed by atoms with Crippen LogP contribution in [0.4, 0.5) is 21.7 Å². The Balaban J connectivity index is 1.60. The summed E-state index contributed by atoms with van der Waals surface area (Å²) in [7, 11) is 0. The highest BCUT2D eigenvalue weighted by atomic mass is 35.5. The van der Waals surface area contributed by atoms with Gasteiger partial charge in [-0.05, 0) is 54.7 Å². The Morgan fingerprint density at radius 3 is 2.69 bits per heavy atom. The zero-order valence-corrected chi connectivity index (χ0v) is 18.4. The van der Waals surface area contributed by atoms with Crippen molar-refractivity contribution in [3.05, 3.63) is 76.8 Å². The molecule has 4 rings (SSSR count). The smallest absolute Gasteiger partial charge is 0.214 e. The predicted molar refractivity (Wildman–Crippen MR) is 126 cm³/mol. The number of pyridine rings is 2. The van der Waals surface area contributed by atoms with Crippen LogP contribution in [-0.2, 0) is 17.8 Å². The first-order valence-corrected chi connectivity index (χ1v) is 11.1. The van der Waals surface area contributed by atoms with E-state index in [0.29, 0.717) is 41.9 Å². The fourth-order valence-electron chi connectivity index (χ4n) is 3.85. The topological polar surface area (TPSA) is 61.4 Å². The van der Waals surface area contributed by atoms with Crippen LogP contribution in [0.3, 0.4) is 0 Å². The number of anilines is 3. The minimum absolute atomic E-state index is 0.257. The zero-order valence-electron chi connectivity index (χ0n) is 17.7. The van der Waals surface area contributed by atoms with E-state index in [2.05, 4.69) is 15.2 Å². The highest BCUT2D eigenvalue weighted by Gasteiger charge is 2.22. The molecule has 0 radical (unpaired) electrons. The molecule has 3 aromatic rings. The van der Waals surface area contributed by atoms with E-state index in [1.165, 1.54) is 12.1 Å². The number of aromatic nitrogens is 2. The van der Waals surface area contributed by atoms with Gasteiger partial charge in [0.15, 0.2) is 5.82 Å². The van der Waals surface area contributed by atoms with Crippen LogP contribution in [0.1, 0.15) is 24.0 Å². The van der Waals surface area contributed by atoms with E-state index < -0.39 is 0 Å². The second-order valence-electron chi connectivity index (χ2n) is 7.76. The van der Waals surface area contributed by atoms with Gasteiger partial charge in [-0.25, -0.2) is 9.37 Å². The van der Waals surface area contributed by atoms with Crippen molar-refractivity contribution in [2.24, 2.45) is 0 Å². The number of rotatable bonds is 9. The minimum Gasteiger partial charge on any atom is -0.368 e. The largest absolute Gasteiger partial charge is 0.368 e. The van der Waals surface area contributed by atoms with Crippen molar-refractivity contribution in [3.63, 3.8) is 0 Å². The van der Waals surface area contributed by atoms with Crippen LogP contribution in [0.25, 0.3) is 0 Å². The molecule has 1 N–H and O–H groups in total. The fourth-order valence-corrected chi connectivity index (χ4v) is 4.12. The van der Waals surface area contributed by atoms with Crippen LogP contribution in [0, 0.1) is 5.82 Å². The molecule has 1 amide bonds. The van der Waals surface area contributed by atoms with Gasteiger partial charge in [-0.3, -0.25) is 9.78 Å². The van der Waals surface area contributed by atoms with Crippen molar-refractivity contribution in [2.75, 3.05) is 34.8 Å². The lowest BCUT2D eigenvalue weighted by Crippen LogP contribution is -2.25. The van der Waals surface area contributed by atoms with Gasteiger partial charge in [-0.15, -0.1) is 0 Å². The van der Waals surface area contributed by atoms with Crippen LogP contribution in [-0.4, -0.2) is 36.0 Å². The monoisotopic (exact) mass is 453 g/mol. The van der Waals surface area contributed by atoms with Crippen molar-refractivity contribution in [1.29, 1.82) is 0 Å². The van der Waals surface area contributed by atoms with Gasteiger partial charge in [0, 0.05) is 32.0 Å². The molecule has 0 saturated carbocycles. The SMILES string of the molecule is O=CN(Cc1cccnc1)c1cc(Cl)c(N2CCCC2)nc1NCCc1cccc(F)c1. The molecule has 0 atom stereocenters. The maximum absolute atomic E-state index is 13.5. The van der Waals surface area contributed by atoms with Gasteiger partial charge in [0.1, 0.15) is 11.6 Å². The van der Waals surface area contributed by atoms with Gasteiger partial charge in [0.05, 0.1) is 17.3 Å². The molecule has 1 aliphatic heterocycles. The van der Waals surface area contributed by atoms with Gasteiger partial charge in [-0.1, -0.05) is 29.8 Å². The molecule has 1 fully saturated rings. The minimum atomic E-state index is -0.257. The van der Waals surface area contributed by atoms with Crippen molar-refractivity contribution in [3.8, 4) is 0 Å². The summed E-state index contributed by atoms with van der Waals surface area (Å²) in [6, 6.07) is 12.1. The summed E-state index contributed by atoms with van der Waals surface area (Å²) in [4.78, 5) is 24.7. The third-order valence-electron chi connectivity index (χ3n) is 5.45. The summed E-state index contributed by atoms with van der Waals surface area (Å²) in [6.45, 7) is 2.69. The van der Waals surface area contributed by atoms with Gasteiger partial charge >= 0.3 is 0 Å². The third-order valence-corrected chi connectivity index (χ3v) is 5.73. The predicted octanol–water partition coefficient (Wildman–Crippen LogP) is 4.69. The fraction of sp³-hybridized carbons (Fsp3) is 0.292. The normalized spacial score (nSPS) is 13.2. The molecule has 32 heavy (non-hydrogen) atoms. The number of benzene rings is 1. The van der Waals surface area contributed by atoms with E-state index in [-0.39, 0.29) is 5.82 Å². The molecule has 8 heteroatoms. The number of amides is 1. The molecule has 1 aliphatic rings. The van der Waals surface area contributed by atoms with Crippen LogP contribution in [0.2, 0.25) is 5.02 Å². The lowest BCUT2D eigenvalue weighted by atomic mass is 10.1. The van der Waals surface area contributed by atoms with Gasteiger partial charge in [0.2, 0.25) is 6.41 Å². The van der Waals surface area contributed by atoms with E-state index >= 15 is 0 Å². The average molecular weight is 454 g/mol. The third kappa shape index (κ3) is 5.34. The Hall–Kier alpha value is -3.19. The number of nitrogens with one attached hydrogen (secondary N) is 1. The molecule has 1 saturated heterocycles. The summed E-state index contributed by atoms with van der Waals surface area (Å²) in [5.41, 5.74) is 2.37. The number of carbonyl (C=O) groups excluding carboxylic acids is 1. The Kier molecular flexibility index (Phi) is 7.17. The highest BCUT2D eigenvalue weighted by Crippen LogP contribution is 2.35. The van der Waals surface area contributed by atoms with Crippen molar-refractivity contribution < 1.29 is 9.18 Å². The quantitative estimate of drug-likeness (QED) is 0.476. The maximum Gasteiger partial charge on any atom is 0.214 e. The molecule has 0 bridgehead atoms. The number of carbonyl (C=O) groups is 1. The zero-order chi connectivity index (χ0) is 22.3. The molecule has 2 aromatic heterocycles. The molecule has 3 heterocycles. The van der Waals surface area contributed by atoms with E-state index in [4.69, 9.17) is 16.6 Å². The molecule has 6 nitrogen and oxygen atoms in total. The first-order valence-electron chi connectivity index (χ1n) is 10.7. The Morgan fingerprint density at radius 2 is 1.97 bits per heavy atom. The highest BCUT2D eigenvalue weighted by molar-refractivity contribution is 6.33. The number of nitrogens with zero attached hydrogens (tertiary/aromatic N) is 4. The molecule has 1 aromatic carbocycles. The second kappa shape index (κ2) is 10.4. The van der Waals surface area contributed by atoms with Crippen LogP contribution in [0.5, 0.6) is 0 Å². The number of hydrogen-bond acceptors (Lipinski definition) is 5. The Morgan fingerprint density at radius 1 is 1.16 bits per heavy atom. The molecule has 0 spiro atoms. The number of halogens is 2.